The monoisotopic (exact) mass is 494 g/mol. The van der Waals surface area contributed by atoms with E-state index in [1.165, 1.54) is 17.7 Å². The van der Waals surface area contributed by atoms with E-state index in [0.29, 0.717) is 16.8 Å². The van der Waals surface area contributed by atoms with Gasteiger partial charge in [0.15, 0.2) is 0 Å². The molecule has 0 radical (unpaired) electrons. The number of ether oxygens (including phenoxy) is 1. The van der Waals surface area contributed by atoms with E-state index in [9.17, 15) is 13.2 Å². The molecule has 1 fully saturated rings. The Morgan fingerprint density at radius 1 is 1.20 bits per heavy atom. The van der Waals surface area contributed by atoms with Gasteiger partial charge in [-0.2, -0.15) is 0 Å². The van der Waals surface area contributed by atoms with Crippen molar-refractivity contribution in [3.8, 4) is 0 Å². The van der Waals surface area contributed by atoms with Crippen molar-refractivity contribution in [3.63, 3.8) is 0 Å². The number of carbonyl (C=O) groups excluding carboxylic acids is 1. The maximum atomic E-state index is 12.8. The van der Waals surface area contributed by atoms with E-state index in [-0.39, 0.29) is 29.0 Å². The number of unbranched alkanes of at least 4 members (excludes halogenated alkanes) is 1. The summed E-state index contributed by atoms with van der Waals surface area (Å²) in [7, 11) is -3.74. The van der Waals surface area contributed by atoms with Gasteiger partial charge in [0.1, 0.15) is 0 Å². The van der Waals surface area contributed by atoms with Crippen molar-refractivity contribution in [1.82, 2.24) is 4.72 Å². The van der Waals surface area contributed by atoms with Crippen LogP contribution in [-0.4, -0.2) is 33.6 Å². The number of carbonyl (C=O) groups is 1. The second-order valence-corrected chi connectivity index (χ2v) is 10.0. The van der Waals surface area contributed by atoms with Crippen LogP contribution in [0.15, 0.2) is 51.8 Å². The summed E-state index contributed by atoms with van der Waals surface area (Å²) < 4.78 is 33.9. The Morgan fingerprint density at radius 2 is 1.97 bits per heavy atom. The van der Waals surface area contributed by atoms with Crippen LogP contribution in [0, 0.1) is 0 Å². The van der Waals surface area contributed by atoms with Crippen molar-refractivity contribution in [2.75, 3.05) is 18.5 Å². The number of halogens is 1. The lowest BCUT2D eigenvalue weighted by atomic mass is 10.1. The van der Waals surface area contributed by atoms with Gasteiger partial charge in [-0.15, -0.1) is 0 Å². The van der Waals surface area contributed by atoms with Crippen LogP contribution in [-0.2, 0) is 21.2 Å². The Balaban J connectivity index is 1.69. The van der Waals surface area contributed by atoms with Crippen LogP contribution < -0.4 is 10.0 Å². The third-order valence-corrected chi connectivity index (χ3v) is 7.16. The van der Waals surface area contributed by atoms with E-state index in [0.717, 1.165) is 32.1 Å². The van der Waals surface area contributed by atoms with E-state index in [2.05, 4.69) is 32.9 Å². The van der Waals surface area contributed by atoms with Crippen LogP contribution in [0.4, 0.5) is 5.69 Å². The van der Waals surface area contributed by atoms with Crippen molar-refractivity contribution < 1.29 is 17.9 Å². The molecule has 1 amide bonds. The summed E-state index contributed by atoms with van der Waals surface area (Å²) in [5.41, 5.74) is 2.14. The van der Waals surface area contributed by atoms with E-state index in [4.69, 9.17) is 4.74 Å². The topological polar surface area (TPSA) is 84.5 Å². The van der Waals surface area contributed by atoms with Crippen LogP contribution in [0.3, 0.4) is 0 Å². The van der Waals surface area contributed by atoms with Gasteiger partial charge in [-0.3, -0.25) is 4.79 Å². The first-order valence-electron chi connectivity index (χ1n) is 10.2. The number of rotatable bonds is 9. The molecule has 8 heteroatoms. The molecule has 162 valence electrons. The SMILES string of the molecule is CCCCc1ccc(NC(=O)c2cc(S(=O)(=O)NCC3CCCO3)ccc2Br)cc1. The molecule has 1 atom stereocenters. The predicted octanol–water partition coefficient (Wildman–Crippen LogP) is 4.50. The van der Waals surface area contributed by atoms with Gasteiger partial charge in [0.25, 0.3) is 5.91 Å². The smallest absolute Gasteiger partial charge is 0.256 e. The molecule has 0 spiro atoms. The molecule has 1 aliphatic heterocycles. The predicted molar refractivity (Wildman–Crippen MR) is 121 cm³/mol. The standard InChI is InChI=1S/C22H27BrN2O4S/c1-2-3-5-16-7-9-17(10-8-16)25-22(26)20-14-19(11-12-21(20)23)30(27,28)24-15-18-6-4-13-29-18/h7-12,14,18,24H,2-6,13,15H2,1H3,(H,25,26). The van der Waals surface area contributed by atoms with Crippen molar-refractivity contribution in [3.05, 3.63) is 58.1 Å². The lowest BCUT2D eigenvalue weighted by molar-refractivity contribution is 0.102. The van der Waals surface area contributed by atoms with Crippen molar-refractivity contribution >= 4 is 37.5 Å². The molecular weight excluding hydrogens is 468 g/mol. The zero-order chi connectivity index (χ0) is 21.6. The maximum absolute atomic E-state index is 12.8. The summed E-state index contributed by atoms with van der Waals surface area (Å²) in [5.74, 6) is -0.376. The van der Waals surface area contributed by atoms with Crippen LogP contribution in [0.5, 0.6) is 0 Å². The van der Waals surface area contributed by atoms with Gasteiger partial charge in [0.05, 0.1) is 16.6 Å². The first-order valence-corrected chi connectivity index (χ1v) is 12.5. The van der Waals surface area contributed by atoms with Gasteiger partial charge in [-0.1, -0.05) is 25.5 Å². The van der Waals surface area contributed by atoms with Gasteiger partial charge in [-0.25, -0.2) is 13.1 Å². The summed E-state index contributed by atoms with van der Waals surface area (Å²) in [4.78, 5) is 12.8. The minimum atomic E-state index is -3.74. The first-order chi connectivity index (χ1) is 14.4. The lowest BCUT2D eigenvalue weighted by Crippen LogP contribution is -2.32. The van der Waals surface area contributed by atoms with Crippen LogP contribution >= 0.6 is 15.9 Å². The molecule has 1 heterocycles. The molecule has 3 rings (SSSR count). The molecule has 0 saturated carbocycles. The third-order valence-electron chi connectivity index (χ3n) is 5.05. The molecule has 0 aromatic heterocycles. The van der Waals surface area contributed by atoms with Crippen LogP contribution in [0.25, 0.3) is 0 Å². The van der Waals surface area contributed by atoms with Crippen LogP contribution in [0.1, 0.15) is 48.5 Å². The van der Waals surface area contributed by atoms with Crippen molar-refractivity contribution in [1.29, 1.82) is 0 Å². The molecule has 1 aliphatic rings. The van der Waals surface area contributed by atoms with E-state index in [1.807, 2.05) is 24.3 Å². The fraction of sp³-hybridized carbons (Fsp3) is 0.409. The Labute approximate surface area is 186 Å². The highest BCUT2D eigenvalue weighted by Crippen LogP contribution is 2.23. The fourth-order valence-electron chi connectivity index (χ4n) is 3.27. The third kappa shape index (κ3) is 6.14. The summed E-state index contributed by atoms with van der Waals surface area (Å²) in [6.07, 6.45) is 4.95. The largest absolute Gasteiger partial charge is 0.377 e. The number of aryl methyl sites for hydroxylation is 1. The number of nitrogens with one attached hydrogen (secondary N) is 2. The lowest BCUT2D eigenvalue weighted by Gasteiger charge is -2.13. The summed E-state index contributed by atoms with van der Waals surface area (Å²) in [5, 5.41) is 2.83. The molecule has 6 nitrogen and oxygen atoms in total. The summed E-state index contributed by atoms with van der Waals surface area (Å²) >= 11 is 3.35. The zero-order valence-electron chi connectivity index (χ0n) is 17.0. The zero-order valence-corrected chi connectivity index (χ0v) is 19.4. The second-order valence-electron chi connectivity index (χ2n) is 7.38. The molecule has 0 aliphatic carbocycles. The van der Waals surface area contributed by atoms with E-state index in [1.54, 1.807) is 6.07 Å². The number of sulfonamides is 1. The molecular formula is C22H27BrN2O4S. The van der Waals surface area contributed by atoms with Crippen LogP contribution in [0.2, 0.25) is 0 Å². The number of anilines is 1. The summed E-state index contributed by atoms with van der Waals surface area (Å²) in [6.45, 7) is 3.04. The Hall–Kier alpha value is -1.74. The van der Waals surface area contributed by atoms with Crippen molar-refractivity contribution in [2.45, 2.75) is 50.0 Å². The summed E-state index contributed by atoms with van der Waals surface area (Å²) in [6, 6.07) is 12.1. The van der Waals surface area contributed by atoms with Gasteiger partial charge in [0.2, 0.25) is 10.0 Å². The molecule has 2 aromatic carbocycles. The van der Waals surface area contributed by atoms with E-state index < -0.39 is 10.0 Å². The number of hydrogen-bond acceptors (Lipinski definition) is 4. The minimum absolute atomic E-state index is 0.0451. The second kappa shape index (κ2) is 10.5. The Kier molecular flexibility index (Phi) is 8.05. The highest BCUT2D eigenvalue weighted by Gasteiger charge is 2.22. The molecule has 2 N–H and O–H groups in total. The van der Waals surface area contributed by atoms with E-state index >= 15 is 0 Å². The minimum Gasteiger partial charge on any atom is -0.377 e. The Bertz CT molecular complexity index is 971. The van der Waals surface area contributed by atoms with Crippen molar-refractivity contribution in [2.24, 2.45) is 0 Å². The highest BCUT2D eigenvalue weighted by atomic mass is 79.9. The van der Waals surface area contributed by atoms with Gasteiger partial charge < -0.3 is 10.1 Å². The average Bonchev–Trinajstić information content (AvgIpc) is 3.26. The first kappa shape index (κ1) is 22.9. The molecule has 1 unspecified atom stereocenters. The van der Waals surface area contributed by atoms with Gasteiger partial charge >= 0.3 is 0 Å². The Morgan fingerprint density at radius 3 is 2.63 bits per heavy atom. The number of hydrogen-bond donors (Lipinski definition) is 2. The molecule has 30 heavy (non-hydrogen) atoms. The van der Waals surface area contributed by atoms with Gasteiger partial charge in [0, 0.05) is 23.3 Å². The molecule has 0 bridgehead atoms. The average molecular weight is 495 g/mol. The normalized spacial score (nSPS) is 16.5. The molecule has 2 aromatic rings. The quantitative estimate of drug-likeness (QED) is 0.537. The number of benzene rings is 2. The maximum Gasteiger partial charge on any atom is 0.256 e. The fourth-order valence-corrected chi connectivity index (χ4v) is 4.79. The highest BCUT2D eigenvalue weighted by molar-refractivity contribution is 9.10. The number of amides is 1. The van der Waals surface area contributed by atoms with Gasteiger partial charge in [-0.05, 0) is 77.5 Å². The molecule has 1 saturated heterocycles.